The van der Waals surface area contributed by atoms with Crippen molar-refractivity contribution in [3.05, 3.63) is 11.5 Å². The Morgan fingerprint density at radius 1 is 1.60 bits per heavy atom. The van der Waals surface area contributed by atoms with Crippen LogP contribution in [0.4, 0.5) is 0 Å². The lowest BCUT2D eigenvalue weighted by atomic mass is 10.3. The van der Waals surface area contributed by atoms with E-state index in [4.69, 9.17) is 10.5 Å². The third-order valence-electron chi connectivity index (χ3n) is 1.62. The van der Waals surface area contributed by atoms with Crippen LogP contribution < -0.4 is 11.1 Å². The van der Waals surface area contributed by atoms with E-state index in [2.05, 4.69) is 10.3 Å². The fourth-order valence-electron chi connectivity index (χ4n) is 0.957. The zero-order valence-electron chi connectivity index (χ0n) is 9.54. The Hall–Kier alpha value is -1.36. The number of carbonyl (C=O) groups is 1. The van der Waals surface area contributed by atoms with Crippen LogP contribution in [0.1, 0.15) is 20.3 Å². The number of amides is 1. The fraction of sp³-hybridized carbons (Fsp3) is 0.600. The lowest BCUT2D eigenvalue weighted by Crippen LogP contribution is -2.24. The number of nitrogens with one attached hydrogen (secondary N) is 1. The van der Waals surface area contributed by atoms with Crippen molar-refractivity contribution in [2.45, 2.75) is 20.3 Å². The van der Waals surface area contributed by atoms with E-state index in [1.165, 1.54) is 0 Å². The summed E-state index contributed by atoms with van der Waals surface area (Å²) < 4.78 is 5.32. The molecule has 0 aliphatic heterocycles. The Morgan fingerprint density at radius 2 is 2.27 bits per heavy atom. The van der Waals surface area contributed by atoms with Gasteiger partial charge in [0.1, 0.15) is 5.70 Å². The molecule has 0 bridgehead atoms. The van der Waals surface area contributed by atoms with Crippen molar-refractivity contribution in [1.82, 2.24) is 5.32 Å². The second-order valence-corrected chi connectivity index (χ2v) is 2.79. The maximum absolute atomic E-state index is 11.5. The molecule has 5 nitrogen and oxygen atoms in total. The number of aliphatic imine (C=N–C) groups is 1. The summed E-state index contributed by atoms with van der Waals surface area (Å²) in [6, 6.07) is 0. The van der Waals surface area contributed by atoms with Crippen LogP contribution in [0.2, 0.25) is 0 Å². The molecule has 0 aromatic rings. The lowest BCUT2D eigenvalue weighted by Gasteiger charge is -2.10. The molecule has 3 N–H and O–H groups in total. The number of nitrogens with two attached hydrogens (primary N) is 1. The molecule has 0 heterocycles. The lowest BCUT2D eigenvalue weighted by molar-refractivity contribution is -0.120. The summed E-state index contributed by atoms with van der Waals surface area (Å²) in [5.74, 6) is -0.0885. The molecule has 0 radical (unpaired) electrons. The summed E-state index contributed by atoms with van der Waals surface area (Å²) in [4.78, 5) is 15.5. The second-order valence-electron chi connectivity index (χ2n) is 2.79. The van der Waals surface area contributed by atoms with Crippen molar-refractivity contribution in [2.24, 2.45) is 10.7 Å². The van der Waals surface area contributed by atoms with Gasteiger partial charge in [0.2, 0.25) is 5.76 Å². The summed E-state index contributed by atoms with van der Waals surface area (Å²) in [7, 11) is 1.54. The first-order valence-electron chi connectivity index (χ1n) is 4.97. The van der Waals surface area contributed by atoms with Crippen molar-refractivity contribution < 1.29 is 9.53 Å². The summed E-state index contributed by atoms with van der Waals surface area (Å²) in [6.07, 6.45) is 2.41. The van der Waals surface area contributed by atoms with Gasteiger partial charge in [-0.25, -0.2) is 0 Å². The quantitative estimate of drug-likeness (QED) is 0.381. The summed E-state index contributed by atoms with van der Waals surface area (Å²) in [5, 5.41) is 2.50. The Balaban J connectivity index is 4.91. The highest BCUT2D eigenvalue weighted by Crippen LogP contribution is 2.07. The van der Waals surface area contributed by atoms with Crippen LogP contribution in [0.5, 0.6) is 0 Å². The normalized spacial score (nSPS) is 12.5. The first kappa shape index (κ1) is 13.6. The monoisotopic (exact) mass is 213 g/mol. The van der Waals surface area contributed by atoms with Gasteiger partial charge < -0.3 is 15.8 Å². The molecule has 0 fully saturated rings. The number of hydrogen-bond donors (Lipinski definition) is 2. The van der Waals surface area contributed by atoms with Gasteiger partial charge in [0.15, 0.2) is 0 Å². The molecule has 0 aromatic carbocycles. The van der Waals surface area contributed by atoms with Gasteiger partial charge in [-0.05, 0) is 13.3 Å². The minimum absolute atomic E-state index is 0.177. The number of carbonyl (C=O) groups excluding carboxylic acids is 1. The molecule has 0 aliphatic carbocycles. The van der Waals surface area contributed by atoms with Gasteiger partial charge >= 0.3 is 0 Å². The van der Waals surface area contributed by atoms with E-state index < -0.39 is 0 Å². The average molecular weight is 213 g/mol. The molecule has 5 heteroatoms. The van der Waals surface area contributed by atoms with E-state index in [9.17, 15) is 4.79 Å². The van der Waals surface area contributed by atoms with Gasteiger partial charge in [-0.1, -0.05) is 6.92 Å². The van der Waals surface area contributed by atoms with E-state index in [1.54, 1.807) is 20.2 Å². The number of ether oxygens (including phenoxy) is 1. The summed E-state index contributed by atoms with van der Waals surface area (Å²) in [6.45, 7) is 4.38. The molecule has 0 saturated heterocycles. The van der Waals surface area contributed by atoms with Crippen molar-refractivity contribution in [1.29, 1.82) is 0 Å². The third-order valence-corrected chi connectivity index (χ3v) is 1.62. The van der Waals surface area contributed by atoms with Gasteiger partial charge in [-0.2, -0.15) is 0 Å². The molecule has 15 heavy (non-hydrogen) atoms. The predicted octanol–water partition coefficient (Wildman–Crippen LogP) is 0.420. The summed E-state index contributed by atoms with van der Waals surface area (Å²) >= 11 is 0. The largest absolute Gasteiger partial charge is 0.486 e. The highest BCUT2D eigenvalue weighted by Gasteiger charge is 2.14. The zero-order valence-corrected chi connectivity index (χ0v) is 9.54. The van der Waals surface area contributed by atoms with Crippen molar-refractivity contribution in [2.75, 3.05) is 20.2 Å². The number of hydrogen-bond acceptors (Lipinski definition) is 4. The molecule has 0 spiro atoms. The Morgan fingerprint density at radius 3 is 2.67 bits per heavy atom. The Labute approximate surface area is 90.4 Å². The molecular weight excluding hydrogens is 194 g/mol. The molecule has 0 saturated carbocycles. The second kappa shape index (κ2) is 7.99. The Kier molecular flexibility index (Phi) is 7.27. The van der Waals surface area contributed by atoms with Crippen LogP contribution in [-0.4, -0.2) is 32.3 Å². The number of nitrogens with zero attached hydrogens (tertiary/aromatic N) is 1. The average Bonchev–Trinajstić information content (AvgIpc) is 2.27. The Bertz CT molecular complexity index is 259. The maximum Gasteiger partial charge on any atom is 0.288 e. The van der Waals surface area contributed by atoms with Crippen LogP contribution in [0.3, 0.4) is 0 Å². The molecule has 1 amide bonds. The minimum atomic E-state index is -0.297. The standard InChI is InChI=1S/C10H19N3O2/c1-4-6-15-9(10(14)12-3)8(7-11)13-5-2/h5H,4,6-7,11H2,1-3H3,(H,12,14)/b9-8+,13-5-. The first-order valence-corrected chi connectivity index (χ1v) is 4.97. The SMILES string of the molecule is C/C=N\C(CN)=C(\OCCC)C(=O)NC. The summed E-state index contributed by atoms with van der Waals surface area (Å²) in [5.41, 5.74) is 5.96. The van der Waals surface area contributed by atoms with E-state index in [-0.39, 0.29) is 18.2 Å². The first-order chi connectivity index (χ1) is 7.21. The third kappa shape index (κ3) is 4.60. The predicted molar refractivity (Wildman–Crippen MR) is 60.6 cm³/mol. The number of rotatable bonds is 6. The smallest absolute Gasteiger partial charge is 0.288 e. The van der Waals surface area contributed by atoms with E-state index in [1.807, 2.05) is 6.92 Å². The number of likely N-dealkylation sites (N-methyl/N-ethyl adjacent to an activating group) is 1. The molecule has 0 unspecified atom stereocenters. The van der Waals surface area contributed by atoms with Crippen LogP contribution in [-0.2, 0) is 9.53 Å². The van der Waals surface area contributed by atoms with Crippen molar-refractivity contribution in [3.8, 4) is 0 Å². The van der Waals surface area contributed by atoms with Crippen LogP contribution in [0.25, 0.3) is 0 Å². The maximum atomic E-state index is 11.5. The van der Waals surface area contributed by atoms with Crippen LogP contribution >= 0.6 is 0 Å². The zero-order chi connectivity index (χ0) is 11.7. The molecular formula is C10H19N3O2. The van der Waals surface area contributed by atoms with Gasteiger partial charge in [0.25, 0.3) is 5.91 Å². The van der Waals surface area contributed by atoms with E-state index in [0.717, 1.165) is 6.42 Å². The van der Waals surface area contributed by atoms with Gasteiger partial charge in [0.05, 0.1) is 6.61 Å². The van der Waals surface area contributed by atoms with E-state index in [0.29, 0.717) is 12.3 Å². The fourth-order valence-corrected chi connectivity index (χ4v) is 0.957. The van der Waals surface area contributed by atoms with Crippen LogP contribution in [0.15, 0.2) is 16.4 Å². The van der Waals surface area contributed by atoms with Gasteiger partial charge in [-0.3, -0.25) is 9.79 Å². The molecule has 0 atom stereocenters. The van der Waals surface area contributed by atoms with E-state index >= 15 is 0 Å². The topological polar surface area (TPSA) is 76.7 Å². The highest BCUT2D eigenvalue weighted by molar-refractivity contribution is 5.92. The molecule has 0 aromatic heterocycles. The minimum Gasteiger partial charge on any atom is -0.486 e. The molecule has 0 aliphatic rings. The molecule has 86 valence electrons. The van der Waals surface area contributed by atoms with Gasteiger partial charge in [-0.15, -0.1) is 0 Å². The van der Waals surface area contributed by atoms with Gasteiger partial charge in [0, 0.05) is 19.8 Å². The van der Waals surface area contributed by atoms with Crippen LogP contribution in [0, 0.1) is 0 Å². The van der Waals surface area contributed by atoms with Crippen molar-refractivity contribution in [3.63, 3.8) is 0 Å². The molecule has 0 rings (SSSR count). The van der Waals surface area contributed by atoms with Crippen molar-refractivity contribution >= 4 is 12.1 Å². The highest BCUT2D eigenvalue weighted by atomic mass is 16.5.